The molecule has 0 aliphatic heterocycles. The minimum atomic E-state index is -0.985. The molecule has 114 valence electrons. The Hall–Kier alpha value is -2.53. The van der Waals surface area contributed by atoms with Crippen LogP contribution in [-0.2, 0) is 4.79 Å². The second kappa shape index (κ2) is 6.49. The molecule has 0 spiro atoms. The van der Waals surface area contributed by atoms with E-state index >= 15 is 0 Å². The first-order valence-electron chi connectivity index (χ1n) is 6.51. The third-order valence-corrected chi connectivity index (χ3v) is 3.50. The van der Waals surface area contributed by atoms with Crippen LogP contribution in [0.4, 0.5) is 5.69 Å². The van der Waals surface area contributed by atoms with E-state index in [4.69, 9.17) is 16.7 Å². The minimum absolute atomic E-state index is 0.136. The molecule has 6 heteroatoms. The first-order valence-corrected chi connectivity index (χ1v) is 6.89. The van der Waals surface area contributed by atoms with Gasteiger partial charge in [-0.2, -0.15) is 0 Å². The van der Waals surface area contributed by atoms with Crippen molar-refractivity contribution in [2.24, 2.45) is 0 Å². The zero-order chi connectivity index (χ0) is 16.3. The van der Waals surface area contributed by atoms with Crippen LogP contribution in [0.15, 0.2) is 42.5 Å². The molecule has 0 fully saturated rings. The lowest BCUT2D eigenvalue weighted by atomic mass is 10.0. The number of hydrogen-bond acceptors (Lipinski definition) is 3. The van der Waals surface area contributed by atoms with Gasteiger partial charge in [0.05, 0.1) is 11.6 Å². The van der Waals surface area contributed by atoms with E-state index < -0.39 is 17.8 Å². The van der Waals surface area contributed by atoms with Gasteiger partial charge >= 0.3 is 5.97 Å². The Kier molecular flexibility index (Phi) is 4.68. The van der Waals surface area contributed by atoms with Crippen LogP contribution in [-0.4, -0.2) is 22.1 Å². The van der Waals surface area contributed by atoms with E-state index in [0.29, 0.717) is 16.1 Å². The SMILES string of the molecule is C[C@@H](C(=O)O)c1ccc(O)c(NC(=O)c2ccc(Cl)cc2)c1. The summed E-state index contributed by atoms with van der Waals surface area (Å²) in [4.78, 5) is 23.1. The molecule has 0 aromatic heterocycles. The minimum Gasteiger partial charge on any atom is -0.506 e. The number of carbonyl (C=O) groups is 2. The number of benzene rings is 2. The van der Waals surface area contributed by atoms with E-state index in [1.807, 2.05) is 0 Å². The van der Waals surface area contributed by atoms with Gasteiger partial charge in [-0.3, -0.25) is 9.59 Å². The number of anilines is 1. The molecule has 2 aromatic rings. The van der Waals surface area contributed by atoms with Crippen LogP contribution in [0.1, 0.15) is 28.8 Å². The molecule has 0 aliphatic rings. The van der Waals surface area contributed by atoms with Crippen LogP contribution in [0.2, 0.25) is 5.02 Å². The number of carboxylic acids is 1. The van der Waals surface area contributed by atoms with Crippen molar-refractivity contribution in [3.8, 4) is 5.75 Å². The molecule has 0 aliphatic carbocycles. The number of phenolic OH excluding ortho intramolecular Hbond substituents is 1. The summed E-state index contributed by atoms with van der Waals surface area (Å²) in [5.74, 6) is -2.29. The normalized spacial score (nSPS) is 11.7. The van der Waals surface area contributed by atoms with Gasteiger partial charge in [-0.05, 0) is 48.9 Å². The van der Waals surface area contributed by atoms with Crippen LogP contribution in [0.3, 0.4) is 0 Å². The quantitative estimate of drug-likeness (QED) is 0.753. The average Bonchev–Trinajstić information content (AvgIpc) is 2.49. The lowest BCUT2D eigenvalue weighted by Gasteiger charge is -2.12. The van der Waals surface area contributed by atoms with Crippen LogP contribution < -0.4 is 5.32 Å². The molecule has 0 saturated heterocycles. The van der Waals surface area contributed by atoms with Gasteiger partial charge in [-0.25, -0.2) is 0 Å². The van der Waals surface area contributed by atoms with Crippen LogP contribution in [0.5, 0.6) is 5.75 Å². The molecule has 0 radical (unpaired) electrons. The highest BCUT2D eigenvalue weighted by Crippen LogP contribution is 2.28. The van der Waals surface area contributed by atoms with Gasteiger partial charge in [0.1, 0.15) is 5.75 Å². The number of phenols is 1. The van der Waals surface area contributed by atoms with Crippen LogP contribution in [0.25, 0.3) is 0 Å². The number of carboxylic acid groups (broad SMARTS) is 1. The summed E-state index contributed by atoms with van der Waals surface area (Å²) in [6.07, 6.45) is 0. The third kappa shape index (κ3) is 3.56. The third-order valence-electron chi connectivity index (χ3n) is 3.25. The average molecular weight is 320 g/mol. The first kappa shape index (κ1) is 15.9. The Morgan fingerprint density at radius 3 is 2.36 bits per heavy atom. The number of aliphatic carboxylic acids is 1. The fraction of sp³-hybridized carbons (Fsp3) is 0.125. The Morgan fingerprint density at radius 2 is 1.77 bits per heavy atom. The molecule has 1 amide bonds. The topological polar surface area (TPSA) is 86.6 Å². The molecule has 0 heterocycles. The summed E-state index contributed by atoms with van der Waals surface area (Å²) in [7, 11) is 0. The monoisotopic (exact) mass is 319 g/mol. The molecule has 1 atom stereocenters. The predicted molar refractivity (Wildman–Crippen MR) is 83.6 cm³/mol. The van der Waals surface area contributed by atoms with Gasteiger partial charge in [0.25, 0.3) is 5.91 Å². The molecular weight excluding hydrogens is 306 g/mol. The van der Waals surface area contributed by atoms with Crippen LogP contribution >= 0.6 is 11.6 Å². The van der Waals surface area contributed by atoms with Crippen molar-refractivity contribution >= 4 is 29.2 Å². The first-order chi connectivity index (χ1) is 10.4. The van der Waals surface area contributed by atoms with Crippen molar-refractivity contribution in [1.29, 1.82) is 0 Å². The van der Waals surface area contributed by atoms with Crippen molar-refractivity contribution < 1.29 is 19.8 Å². The van der Waals surface area contributed by atoms with Crippen molar-refractivity contribution in [2.45, 2.75) is 12.8 Å². The van der Waals surface area contributed by atoms with Gasteiger partial charge in [-0.15, -0.1) is 0 Å². The molecule has 0 saturated carbocycles. The smallest absolute Gasteiger partial charge is 0.310 e. The molecular formula is C16H14ClNO4. The van der Waals surface area contributed by atoms with E-state index in [1.54, 1.807) is 24.3 Å². The summed E-state index contributed by atoms with van der Waals surface area (Å²) in [6.45, 7) is 1.53. The Morgan fingerprint density at radius 1 is 1.14 bits per heavy atom. The second-order valence-electron chi connectivity index (χ2n) is 4.80. The predicted octanol–water partition coefficient (Wildman–Crippen LogP) is 3.49. The van der Waals surface area contributed by atoms with Crippen molar-refractivity contribution in [2.75, 3.05) is 5.32 Å². The Balaban J connectivity index is 2.25. The van der Waals surface area contributed by atoms with Gasteiger partial charge in [-0.1, -0.05) is 17.7 Å². The lowest BCUT2D eigenvalue weighted by molar-refractivity contribution is -0.138. The molecule has 5 nitrogen and oxygen atoms in total. The molecule has 3 N–H and O–H groups in total. The molecule has 2 rings (SSSR count). The fourth-order valence-electron chi connectivity index (χ4n) is 1.86. The maximum atomic E-state index is 12.1. The van der Waals surface area contributed by atoms with Gasteiger partial charge in [0, 0.05) is 10.6 Å². The van der Waals surface area contributed by atoms with E-state index in [-0.39, 0.29) is 11.4 Å². The second-order valence-corrected chi connectivity index (χ2v) is 5.23. The summed E-state index contributed by atoms with van der Waals surface area (Å²) >= 11 is 5.76. The highest BCUT2D eigenvalue weighted by Gasteiger charge is 2.16. The number of amides is 1. The number of hydrogen-bond donors (Lipinski definition) is 3. The molecule has 22 heavy (non-hydrogen) atoms. The highest BCUT2D eigenvalue weighted by atomic mass is 35.5. The van der Waals surface area contributed by atoms with E-state index in [9.17, 15) is 14.7 Å². The number of nitrogens with one attached hydrogen (secondary N) is 1. The summed E-state index contributed by atoms with van der Waals surface area (Å²) in [5, 5.41) is 21.9. The Labute approximate surface area is 132 Å². The highest BCUT2D eigenvalue weighted by molar-refractivity contribution is 6.30. The van der Waals surface area contributed by atoms with E-state index in [0.717, 1.165) is 0 Å². The number of rotatable bonds is 4. The summed E-state index contributed by atoms with van der Waals surface area (Å²) in [5.41, 5.74) is 1.02. The lowest BCUT2D eigenvalue weighted by Crippen LogP contribution is -2.13. The molecule has 0 bridgehead atoms. The maximum Gasteiger partial charge on any atom is 0.310 e. The van der Waals surface area contributed by atoms with Gasteiger partial charge < -0.3 is 15.5 Å². The summed E-state index contributed by atoms with van der Waals surface area (Å²) in [6, 6.07) is 10.6. The zero-order valence-corrected chi connectivity index (χ0v) is 12.5. The van der Waals surface area contributed by atoms with E-state index in [2.05, 4.69) is 5.32 Å². The maximum absolute atomic E-state index is 12.1. The molecule has 2 aromatic carbocycles. The largest absolute Gasteiger partial charge is 0.506 e. The van der Waals surface area contributed by atoms with Gasteiger partial charge in [0.15, 0.2) is 0 Å². The van der Waals surface area contributed by atoms with Crippen molar-refractivity contribution in [3.63, 3.8) is 0 Å². The fourth-order valence-corrected chi connectivity index (χ4v) is 1.99. The van der Waals surface area contributed by atoms with Crippen molar-refractivity contribution in [1.82, 2.24) is 0 Å². The molecule has 0 unspecified atom stereocenters. The number of aromatic hydroxyl groups is 1. The number of halogens is 1. The Bertz CT molecular complexity index is 713. The van der Waals surface area contributed by atoms with Gasteiger partial charge in [0.2, 0.25) is 0 Å². The summed E-state index contributed by atoms with van der Waals surface area (Å²) < 4.78 is 0. The van der Waals surface area contributed by atoms with E-state index in [1.165, 1.54) is 25.1 Å². The zero-order valence-electron chi connectivity index (χ0n) is 11.7. The number of carbonyl (C=O) groups excluding carboxylic acids is 1. The van der Waals surface area contributed by atoms with Crippen LogP contribution in [0, 0.1) is 0 Å². The van der Waals surface area contributed by atoms with Crippen molar-refractivity contribution in [3.05, 3.63) is 58.6 Å². The standard InChI is InChI=1S/C16H14ClNO4/c1-9(16(21)22)11-4-7-14(19)13(8-11)18-15(20)10-2-5-12(17)6-3-10/h2-9,19H,1H3,(H,18,20)(H,21,22)/t9-/m1/s1.